The molecular formula is C16H26ClN3O3. The van der Waals surface area contributed by atoms with E-state index < -0.39 is 5.91 Å². The zero-order chi connectivity index (χ0) is 17.6. The number of benzene rings is 1. The highest BCUT2D eigenvalue weighted by molar-refractivity contribution is 6.32. The minimum Gasteiger partial charge on any atom is -0.493 e. The molecule has 130 valence electrons. The number of likely N-dealkylation sites (N-methyl/N-ethyl adjacent to an activating group) is 1. The topological polar surface area (TPSA) is 76.8 Å². The van der Waals surface area contributed by atoms with Gasteiger partial charge in [-0.15, -0.1) is 0 Å². The van der Waals surface area contributed by atoms with Crippen LogP contribution >= 0.6 is 11.6 Å². The molecule has 0 bridgehead atoms. The van der Waals surface area contributed by atoms with Crippen LogP contribution in [0, 0.1) is 0 Å². The van der Waals surface area contributed by atoms with E-state index in [4.69, 9.17) is 26.8 Å². The Balaban J connectivity index is 2.78. The summed E-state index contributed by atoms with van der Waals surface area (Å²) in [6.07, 6.45) is 0. The molecule has 1 amide bonds. The number of nitrogens with one attached hydrogen (secondary N) is 1. The van der Waals surface area contributed by atoms with Gasteiger partial charge in [0.15, 0.2) is 18.1 Å². The predicted molar refractivity (Wildman–Crippen MR) is 92.2 cm³/mol. The molecule has 0 unspecified atom stereocenters. The van der Waals surface area contributed by atoms with Gasteiger partial charge in [-0.3, -0.25) is 4.79 Å². The van der Waals surface area contributed by atoms with E-state index in [0.29, 0.717) is 23.1 Å². The third-order valence-corrected chi connectivity index (χ3v) is 4.03. The number of methoxy groups -OCH3 is 1. The number of hydrogen-bond acceptors (Lipinski definition) is 5. The first kappa shape index (κ1) is 19.5. The van der Waals surface area contributed by atoms with Crippen molar-refractivity contribution >= 4 is 17.5 Å². The predicted octanol–water partition coefficient (Wildman–Crippen LogP) is 1.64. The van der Waals surface area contributed by atoms with E-state index in [1.165, 1.54) is 7.11 Å². The summed E-state index contributed by atoms with van der Waals surface area (Å²) in [6.45, 7) is 5.54. The highest BCUT2D eigenvalue weighted by atomic mass is 35.5. The fraction of sp³-hybridized carbons (Fsp3) is 0.562. The van der Waals surface area contributed by atoms with Gasteiger partial charge in [0.1, 0.15) is 0 Å². The molecule has 0 radical (unpaired) electrons. The summed E-state index contributed by atoms with van der Waals surface area (Å²) in [4.78, 5) is 13.0. The molecule has 1 aromatic rings. The summed E-state index contributed by atoms with van der Waals surface area (Å²) in [6, 6.07) is 3.62. The molecule has 23 heavy (non-hydrogen) atoms. The van der Waals surface area contributed by atoms with Crippen LogP contribution in [0.4, 0.5) is 0 Å². The third-order valence-electron chi connectivity index (χ3n) is 3.75. The lowest BCUT2D eigenvalue weighted by atomic mass is 10.0. The summed E-state index contributed by atoms with van der Waals surface area (Å²) < 4.78 is 10.6. The van der Waals surface area contributed by atoms with E-state index in [0.717, 1.165) is 12.1 Å². The lowest BCUT2D eigenvalue weighted by Gasteiger charge is -2.32. The molecule has 0 saturated heterocycles. The Labute approximate surface area is 142 Å². The highest BCUT2D eigenvalue weighted by Crippen LogP contribution is 2.36. The van der Waals surface area contributed by atoms with Crippen molar-refractivity contribution in [1.82, 2.24) is 10.2 Å². The fourth-order valence-electron chi connectivity index (χ4n) is 1.83. The number of rotatable bonds is 9. The van der Waals surface area contributed by atoms with Crippen molar-refractivity contribution in [3.8, 4) is 11.5 Å². The Kier molecular flexibility index (Phi) is 7.12. The maximum Gasteiger partial charge on any atom is 0.255 e. The van der Waals surface area contributed by atoms with Gasteiger partial charge in [0.25, 0.3) is 5.91 Å². The Bertz CT molecular complexity index is 548. The largest absolute Gasteiger partial charge is 0.493 e. The van der Waals surface area contributed by atoms with Crippen molar-refractivity contribution in [3.63, 3.8) is 0 Å². The van der Waals surface area contributed by atoms with E-state index in [9.17, 15) is 4.79 Å². The number of nitrogens with zero attached hydrogens (tertiary/aromatic N) is 1. The molecule has 1 rings (SSSR count). The Morgan fingerprint density at radius 2 is 2.04 bits per heavy atom. The van der Waals surface area contributed by atoms with Crippen LogP contribution in [0.5, 0.6) is 11.5 Å². The molecule has 1 aromatic carbocycles. The van der Waals surface area contributed by atoms with Crippen LogP contribution in [-0.4, -0.2) is 50.7 Å². The van der Waals surface area contributed by atoms with Crippen LogP contribution < -0.4 is 20.5 Å². The van der Waals surface area contributed by atoms with Gasteiger partial charge in [-0.05, 0) is 45.6 Å². The third kappa shape index (κ3) is 5.89. The number of ether oxygens (including phenoxy) is 2. The van der Waals surface area contributed by atoms with Gasteiger partial charge < -0.3 is 25.4 Å². The van der Waals surface area contributed by atoms with E-state index in [1.54, 1.807) is 6.07 Å². The van der Waals surface area contributed by atoms with Crippen molar-refractivity contribution in [1.29, 1.82) is 0 Å². The van der Waals surface area contributed by atoms with Gasteiger partial charge in [0.05, 0.1) is 12.1 Å². The monoisotopic (exact) mass is 343 g/mol. The maximum atomic E-state index is 10.8. The van der Waals surface area contributed by atoms with Gasteiger partial charge in [-0.25, -0.2) is 0 Å². The molecule has 0 spiro atoms. The molecule has 0 aliphatic carbocycles. The first-order valence-electron chi connectivity index (χ1n) is 7.33. The summed E-state index contributed by atoms with van der Waals surface area (Å²) in [5, 5.41) is 3.78. The molecule has 0 fully saturated rings. The summed E-state index contributed by atoms with van der Waals surface area (Å²) >= 11 is 6.22. The first-order valence-corrected chi connectivity index (χ1v) is 7.71. The zero-order valence-corrected chi connectivity index (χ0v) is 15.2. The van der Waals surface area contributed by atoms with Crippen molar-refractivity contribution in [2.45, 2.75) is 25.9 Å². The minimum atomic E-state index is -0.570. The van der Waals surface area contributed by atoms with Crippen LogP contribution in [0.25, 0.3) is 0 Å². The smallest absolute Gasteiger partial charge is 0.255 e. The minimum absolute atomic E-state index is 0.0401. The second-order valence-electron chi connectivity index (χ2n) is 6.17. The summed E-state index contributed by atoms with van der Waals surface area (Å²) in [5.74, 6) is 0.229. The van der Waals surface area contributed by atoms with Crippen molar-refractivity contribution in [3.05, 3.63) is 22.7 Å². The van der Waals surface area contributed by atoms with E-state index in [1.807, 2.05) is 20.2 Å². The number of nitrogens with two attached hydrogens (primary N) is 1. The molecule has 0 aromatic heterocycles. The van der Waals surface area contributed by atoms with E-state index in [2.05, 4.69) is 24.1 Å². The van der Waals surface area contributed by atoms with Crippen LogP contribution in [0.15, 0.2) is 12.1 Å². The van der Waals surface area contributed by atoms with Crippen LogP contribution in [0.3, 0.4) is 0 Å². The normalized spacial score (nSPS) is 11.6. The Morgan fingerprint density at radius 3 is 2.57 bits per heavy atom. The van der Waals surface area contributed by atoms with Gasteiger partial charge in [0.2, 0.25) is 0 Å². The number of amides is 1. The average molecular weight is 344 g/mol. The maximum absolute atomic E-state index is 10.8. The number of halogens is 1. The quantitative estimate of drug-likeness (QED) is 0.713. The number of carbonyl (C=O) groups excluding carboxylic acids is 1. The molecule has 7 heteroatoms. The van der Waals surface area contributed by atoms with E-state index in [-0.39, 0.29) is 12.1 Å². The SMILES string of the molecule is COc1cc(CNCC(C)(C)N(C)C)cc(Cl)c1OCC(N)=O. The second kappa shape index (κ2) is 8.38. The van der Waals surface area contributed by atoms with Gasteiger partial charge in [-0.2, -0.15) is 0 Å². The molecule has 0 heterocycles. The van der Waals surface area contributed by atoms with E-state index >= 15 is 0 Å². The number of primary amides is 1. The highest BCUT2D eigenvalue weighted by Gasteiger charge is 2.20. The molecule has 3 N–H and O–H groups in total. The standard InChI is InChI=1S/C16H26ClN3O3/c1-16(2,20(3)4)10-19-8-11-6-12(17)15(13(7-11)22-5)23-9-14(18)21/h6-7,19H,8-10H2,1-5H3,(H2,18,21). The average Bonchev–Trinajstić information content (AvgIpc) is 2.44. The molecule has 0 aliphatic heterocycles. The van der Waals surface area contributed by atoms with Crippen molar-refractivity contribution < 1.29 is 14.3 Å². The van der Waals surface area contributed by atoms with Gasteiger partial charge in [-0.1, -0.05) is 11.6 Å². The summed E-state index contributed by atoms with van der Waals surface area (Å²) in [7, 11) is 5.62. The molecule has 6 nitrogen and oxygen atoms in total. The fourth-order valence-corrected chi connectivity index (χ4v) is 2.12. The van der Waals surface area contributed by atoms with Crippen LogP contribution in [-0.2, 0) is 11.3 Å². The zero-order valence-electron chi connectivity index (χ0n) is 14.4. The summed E-state index contributed by atoms with van der Waals surface area (Å²) in [5.41, 5.74) is 6.09. The molecule has 0 aliphatic rings. The van der Waals surface area contributed by atoms with Gasteiger partial charge in [0, 0.05) is 18.6 Å². The number of carbonyl (C=O) groups is 1. The molecule has 0 saturated carbocycles. The Hall–Kier alpha value is -1.50. The lowest BCUT2D eigenvalue weighted by Crippen LogP contribution is -2.46. The van der Waals surface area contributed by atoms with Crippen molar-refractivity contribution in [2.24, 2.45) is 5.73 Å². The first-order chi connectivity index (χ1) is 10.7. The number of hydrogen-bond donors (Lipinski definition) is 2. The second-order valence-corrected chi connectivity index (χ2v) is 6.58. The Morgan fingerprint density at radius 1 is 1.39 bits per heavy atom. The molecular weight excluding hydrogens is 318 g/mol. The van der Waals surface area contributed by atoms with Crippen LogP contribution in [0.2, 0.25) is 5.02 Å². The lowest BCUT2D eigenvalue weighted by molar-refractivity contribution is -0.119. The van der Waals surface area contributed by atoms with Crippen LogP contribution in [0.1, 0.15) is 19.4 Å². The van der Waals surface area contributed by atoms with Crippen molar-refractivity contribution in [2.75, 3.05) is 34.4 Å². The van der Waals surface area contributed by atoms with Gasteiger partial charge >= 0.3 is 0 Å². The molecule has 0 atom stereocenters.